The van der Waals surface area contributed by atoms with Crippen molar-refractivity contribution in [1.82, 2.24) is 16.0 Å². The highest BCUT2D eigenvalue weighted by molar-refractivity contribution is 5.83. The Morgan fingerprint density at radius 2 is 1.46 bits per heavy atom. The summed E-state index contributed by atoms with van der Waals surface area (Å²) in [5.41, 5.74) is -0.461. The number of benzene rings is 1. The molecule has 24 heavy (non-hydrogen) atoms. The van der Waals surface area contributed by atoms with Crippen LogP contribution in [0.2, 0.25) is 0 Å². The molecule has 0 radical (unpaired) electrons. The van der Waals surface area contributed by atoms with Crippen LogP contribution in [0.25, 0.3) is 0 Å². The van der Waals surface area contributed by atoms with Crippen LogP contribution < -0.4 is 16.0 Å². The molecule has 0 atom stereocenters. The highest BCUT2D eigenvalue weighted by atomic mass is 19.4. The van der Waals surface area contributed by atoms with Crippen molar-refractivity contribution in [2.24, 2.45) is 0 Å². The standard InChI is InChI=1S/C13H13F6N3O2/c14-12(15,16)7-22-10(23)6-21-11(24)20-5-8-1-3-9(4-2-8)13(17,18)19/h1-4H,5-7H2,(H,22,23)(H2,20,21,24). The minimum Gasteiger partial charge on any atom is -0.345 e. The molecule has 0 saturated carbocycles. The summed E-state index contributed by atoms with van der Waals surface area (Å²) in [7, 11) is 0. The van der Waals surface area contributed by atoms with Crippen molar-refractivity contribution in [2.75, 3.05) is 13.1 Å². The zero-order valence-electron chi connectivity index (χ0n) is 12.0. The predicted molar refractivity (Wildman–Crippen MR) is 70.7 cm³/mol. The van der Waals surface area contributed by atoms with Gasteiger partial charge in [-0.25, -0.2) is 4.79 Å². The monoisotopic (exact) mass is 357 g/mol. The number of amides is 3. The van der Waals surface area contributed by atoms with E-state index in [1.165, 1.54) is 12.1 Å². The van der Waals surface area contributed by atoms with Crippen LogP contribution in [0.4, 0.5) is 31.1 Å². The molecule has 5 nitrogen and oxygen atoms in total. The number of nitrogens with one attached hydrogen (secondary N) is 3. The second-order valence-corrected chi connectivity index (χ2v) is 4.62. The Morgan fingerprint density at radius 3 is 1.96 bits per heavy atom. The van der Waals surface area contributed by atoms with E-state index in [1.54, 1.807) is 5.32 Å². The summed E-state index contributed by atoms with van der Waals surface area (Å²) < 4.78 is 72.6. The van der Waals surface area contributed by atoms with Gasteiger partial charge in [-0.3, -0.25) is 4.79 Å². The summed E-state index contributed by atoms with van der Waals surface area (Å²) in [6.07, 6.45) is -9.02. The van der Waals surface area contributed by atoms with Crippen molar-refractivity contribution < 1.29 is 35.9 Å². The summed E-state index contributed by atoms with van der Waals surface area (Å²) in [6, 6.07) is 3.18. The number of hydrogen-bond donors (Lipinski definition) is 3. The molecule has 0 spiro atoms. The van der Waals surface area contributed by atoms with E-state index in [1.807, 2.05) is 5.32 Å². The Morgan fingerprint density at radius 1 is 0.875 bits per heavy atom. The lowest BCUT2D eigenvalue weighted by molar-refractivity contribution is -0.137. The topological polar surface area (TPSA) is 70.2 Å². The van der Waals surface area contributed by atoms with Crippen LogP contribution in [-0.4, -0.2) is 31.2 Å². The van der Waals surface area contributed by atoms with Crippen LogP contribution in [0.5, 0.6) is 0 Å². The van der Waals surface area contributed by atoms with Gasteiger partial charge in [-0.1, -0.05) is 12.1 Å². The van der Waals surface area contributed by atoms with Crippen LogP contribution >= 0.6 is 0 Å². The first-order valence-corrected chi connectivity index (χ1v) is 6.48. The molecular formula is C13H13F6N3O2. The first kappa shape index (κ1) is 19.6. The van der Waals surface area contributed by atoms with Crippen molar-refractivity contribution >= 4 is 11.9 Å². The maximum atomic E-state index is 12.4. The van der Waals surface area contributed by atoms with E-state index < -0.39 is 42.9 Å². The Hall–Kier alpha value is -2.46. The second kappa shape index (κ2) is 7.88. The van der Waals surface area contributed by atoms with Gasteiger partial charge in [0.2, 0.25) is 5.91 Å². The van der Waals surface area contributed by atoms with Gasteiger partial charge in [0.05, 0.1) is 12.1 Å². The van der Waals surface area contributed by atoms with E-state index in [0.29, 0.717) is 5.56 Å². The van der Waals surface area contributed by atoms with E-state index in [2.05, 4.69) is 5.32 Å². The fraction of sp³-hybridized carbons (Fsp3) is 0.385. The van der Waals surface area contributed by atoms with Gasteiger partial charge in [0.1, 0.15) is 6.54 Å². The molecule has 0 aromatic heterocycles. The zero-order valence-corrected chi connectivity index (χ0v) is 12.0. The molecular weight excluding hydrogens is 344 g/mol. The van der Waals surface area contributed by atoms with Gasteiger partial charge in [0.25, 0.3) is 0 Å². The second-order valence-electron chi connectivity index (χ2n) is 4.62. The SMILES string of the molecule is O=C(CNC(=O)NCc1ccc(C(F)(F)F)cc1)NCC(F)(F)F. The van der Waals surface area contributed by atoms with Gasteiger partial charge in [0, 0.05) is 6.54 Å². The highest BCUT2D eigenvalue weighted by Gasteiger charge is 2.30. The van der Waals surface area contributed by atoms with Crippen molar-refractivity contribution in [1.29, 1.82) is 0 Å². The van der Waals surface area contributed by atoms with Crippen molar-refractivity contribution in [3.05, 3.63) is 35.4 Å². The minimum absolute atomic E-state index is 0.117. The first-order valence-electron chi connectivity index (χ1n) is 6.48. The van der Waals surface area contributed by atoms with E-state index in [4.69, 9.17) is 0 Å². The minimum atomic E-state index is -4.56. The predicted octanol–water partition coefficient (Wildman–Crippen LogP) is 2.18. The summed E-state index contributed by atoms with van der Waals surface area (Å²) in [6.45, 7) is -2.30. The number of alkyl halides is 6. The molecule has 0 unspecified atom stereocenters. The summed E-state index contributed by atoms with van der Waals surface area (Å²) in [4.78, 5) is 22.4. The third kappa shape index (κ3) is 7.70. The molecule has 0 aliphatic heterocycles. The maximum Gasteiger partial charge on any atom is 0.416 e. The molecule has 0 aliphatic rings. The number of carbonyl (C=O) groups excluding carboxylic acids is 2. The fourth-order valence-corrected chi connectivity index (χ4v) is 1.48. The molecule has 134 valence electrons. The van der Waals surface area contributed by atoms with Gasteiger partial charge in [-0.05, 0) is 17.7 Å². The third-order valence-corrected chi connectivity index (χ3v) is 2.63. The molecule has 1 rings (SSSR count). The molecule has 0 aliphatic carbocycles. The molecule has 0 saturated heterocycles. The number of hydrogen-bond acceptors (Lipinski definition) is 2. The lowest BCUT2D eigenvalue weighted by Crippen LogP contribution is -2.43. The van der Waals surface area contributed by atoms with E-state index >= 15 is 0 Å². The van der Waals surface area contributed by atoms with Gasteiger partial charge in [-0.15, -0.1) is 0 Å². The van der Waals surface area contributed by atoms with E-state index in [0.717, 1.165) is 12.1 Å². The van der Waals surface area contributed by atoms with Gasteiger partial charge >= 0.3 is 18.4 Å². The fourth-order valence-electron chi connectivity index (χ4n) is 1.48. The Kier molecular flexibility index (Phi) is 6.43. The van der Waals surface area contributed by atoms with E-state index in [-0.39, 0.29) is 6.54 Å². The van der Waals surface area contributed by atoms with Crippen LogP contribution in [0.3, 0.4) is 0 Å². The molecule has 3 amide bonds. The van der Waals surface area contributed by atoms with E-state index in [9.17, 15) is 35.9 Å². The molecule has 11 heteroatoms. The van der Waals surface area contributed by atoms with Crippen molar-refractivity contribution in [3.63, 3.8) is 0 Å². The normalized spacial score (nSPS) is 11.8. The molecule has 0 bridgehead atoms. The third-order valence-electron chi connectivity index (χ3n) is 2.63. The summed E-state index contributed by atoms with van der Waals surface area (Å²) >= 11 is 0. The molecule has 1 aromatic carbocycles. The lowest BCUT2D eigenvalue weighted by Gasteiger charge is -2.10. The molecule has 0 fully saturated rings. The van der Waals surface area contributed by atoms with Crippen LogP contribution in [0.15, 0.2) is 24.3 Å². The number of carbonyl (C=O) groups is 2. The van der Waals surface area contributed by atoms with Crippen molar-refractivity contribution in [3.8, 4) is 0 Å². The molecule has 3 N–H and O–H groups in total. The summed E-state index contributed by atoms with van der Waals surface area (Å²) in [5, 5.41) is 5.83. The van der Waals surface area contributed by atoms with Crippen molar-refractivity contribution in [2.45, 2.75) is 18.9 Å². The zero-order chi connectivity index (χ0) is 18.4. The lowest BCUT2D eigenvalue weighted by atomic mass is 10.1. The Bertz CT molecular complexity index is 569. The van der Waals surface area contributed by atoms with Gasteiger partial charge in [-0.2, -0.15) is 26.3 Å². The molecule has 0 heterocycles. The molecule has 1 aromatic rings. The Labute approximate surface area is 132 Å². The average molecular weight is 357 g/mol. The smallest absolute Gasteiger partial charge is 0.345 e. The highest BCUT2D eigenvalue weighted by Crippen LogP contribution is 2.28. The van der Waals surface area contributed by atoms with Crippen LogP contribution in [0.1, 0.15) is 11.1 Å². The average Bonchev–Trinajstić information content (AvgIpc) is 2.47. The number of halogens is 6. The number of urea groups is 1. The maximum absolute atomic E-state index is 12.4. The number of rotatable bonds is 5. The summed E-state index contributed by atoms with van der Waals surface area (Å²) in [5.74, 6) is -1.03. The largest absolute Gasteiger partial charge is 0.416 e. The van der Waals surface area contributed by atoms with Gasteiger partial charge < -0.3 is 16.0 Å². The first-order chi connectivity index (χ1) is 11.0. The van der Waals surface area contributed by atoms with Crippen LogP contribution in [-0.2, 0) is 17.5 Å². The van der Waals surface area contributed by atoms with Gasteiger partial charge in [0.15, 0.2) is 0 Å². The van der Waals surface area contributed by atoms with Crippen LogP contribution in [0, 0.1) is 0 Å². The quantitative estimate of drug-likeness (QED) is 0.707. The Balaban J connectivity index is 2.32.